The van der Waals surface area contributed by atoms with Crippen LogP contribution in [-0.2, 0) is 6.42 Å². The maximum atomic E-state index is 12.5. The van der Waals surface area contributed by atoms with E-state index in [1.807, 2.05) is 6.20 Å². The number of nitrogens with zero attached hydrogens (tertiary/aromatic N) is 1. The van der Waals surface area contributed by atoms with Gasteiger partial charge in [0, 0.05) is 17.1 Å². The van der Waals surface area contributed by atoms with Gasteiger partial charge in [0.1, 0.15) is 0 Å². The van der Waals surface area contributed by atoms with Crippen LogP contribution in [0.2, 0.25) is 0 Å². The molecule has 0 saturated carbocycles. The van der Waals surface area contributed by atoms with Gasteiger partial charge in [0.05, 0.1) is 6.54 Å². The van der Waals surface area contributed by atoms with Crippen LogP contribution in [0, 0.1) is 19.8 Å². The number of rotatable bonds is 3. The highest BCUT2D eigenvalue weighted by Crippen LogP contribution is 2.30. The van der Waals surface area contributed by atoms with Gasteiger partial charge in [-0.2, -0.15) is 13.2 Å². The van der Waals surface area contributed by atoms with Gasteiger partial charge in [-0.15, -0.1) is 0 Å². The van der Waals surface area contributed by atoms with Crippen molar-refractivity contribution in [3.63, 3.8) is 0 Å². The third kappa shape index (κ3) is 3.71. The molecule has 126 valence electrons. The highest BCUT2D eigenvalue weighted by Gasteiger charge is 2.32. The second kappa shape index (κ2) is 6.19. The first-order valence-electron chi connectivity index (χ1n) is 8.19. The summed E-state index contributed by atoms with van der Waals surface area (Å²) >= 11 is 0. The van der Waals surface area contributed by atoms with Gasteiger partial charge in [-0.3, -0.25) is 4.90 Å². The fourth-order valence-electron chi connectivity index (χ4n) is 3.81. The standard InChI is InChI=1S/C18H23F3N2/c1-12-9-13(2)17-15(3-6-22-17)16(12)10-14-4-7-23(8-5-14)11-18(19,20)21/h3,6,9,14,22H,4-5,7-8,10-11H2,1-2H3. The Labute approximate surface area is 134 Å². The smallest absolute Gasteiger partial charge is 0.361 e. The molecule has 1 aliphatic heterocycles. The van der Waals surface area contributed by atoms with E-state index in [0.717, 1.165) is 19.3 Å². The van der Waals surface area contributed by atoms with Crippen LogP contribution in [0.5, 0.6) is 0 Å². The molecule has 0 radical (unpaired) electrons. The Morgan fingerprint density at radius 1 is 1.17 bits per heavy atom. The Bertz CT molecular complexity index is 679. The fourth-order valence-corrected chi connectivity index (χ4v) is 3.81. The number of aryl methyl sites for hydroxylation is 2. The van der Waals surface area contributed by atoms with E-state index in [4.69, 9.17) is 0 Å². The van der Waals surface area contributed by atoms with Crippen molar-refractivity contribution in [1.29, 1.82) is 0 Å². The van der Waals surface area contributed by atoms with E-state index in [1.165, 1.54) is 32.5 Å². The van der Waals surface area contributed by atoms with Crippen molar-refractivity contribution in [2.24, 2.45) is 5.92 Å². The second-order valence-electron chi connectivity index (χ2n) is 6.79. The van der Waals surface area contributed by atoms with Crippen molar-refractivity contribution < 1.29 is 13.2 Å². The first-order chi connectivity index (χ1) is 10.8. The molecule has 0 spiro atoms. The molecule has 2 aromatic rings. The number of aromatic amines is 1. The average Bonchev–Trinajstić information content (AvgIpc) is 2.93. The van der Waals surface area contributed by atoms with Gasteiger partial charge in [0.15, 0.2) is 0 Å². The number of nitrogens with one attached hydrogen (secondary N) is 1. The predicted molar refractivity (Wildman–Crippen MR) is 86.7 cm³/mol. The zero-order valence-corrected chi connectivity index (χ0v) is 13.6. The molecule has 2 heterocycles. The lowest BCUT2D eigenvalue weighted by Gasteiger charge is -2.32. The third-order valence-corrected chi connectivity index (χ3v) is 4.98. The van der Waals surface area contributed by atoms with E-state index in [2.05, 4.69) is 31.0 Å². The minimum absolute atomic E-state index is 0.471. The molecule has 0 bridgehead atoms. The van der Waals surface area contributed by atoms with Crippen LogP contribution in [0.25, 0.3) is 10.9 Å². The van der Waals surface area contributed by atoms with Gasteiger partial charge in [0.25, 0.3) is 0 Å². The van der Waals surface area contributed by atoms with E-state index in [9.17, 15) is 13.2 Å². The first-order valence-corrected chi connectivity index (χ1v) is 8.19. The lowest BCUT2D eigenvalue weighted by Crippen LogP contribution is -2.40. The number of aromatic nitrogens is 1. The highest BCUT2D eigenvalue weighted by atomic mass is 19.4. The highest BCUT2D eigenvalue weighted by molar-refractivity contribution is 5.87. The van der Waals surface area contributed by atoms with Gasteiger partial charge < -0.3 is 4.98 Å². The molecule has 5 heteroatoms. The summed E-state index contributed by atoms with van der Waals surface area (Å²) < 4.78 is 37.4. The maximum absolute atomic E-state index is 12.5. The molecule has 0 unspecified atom stereocenters. The number of benzene rings is 1. The van der Waals surface area contributed by atoms with E-state index in [1.54, 1.807) is 0 Å². The lowest BCUT2D eigenvalue weighted by molar-refractivity contribution is -0.148. The van der Waals surface area contributed by atoms with Gasteiger partial charge in [0.2, 0.25) is 0 Å². The van der Waals surface area contributed by atoms with E-state index >= 15 is 0 Å². The molecule has 1 N–H and O–H groups in total. The van der Waals surface area contributed by atoms with Crippen molar-refractivity contribution in [2.75, 3.05) is 19.6 Å². The molecule has 1 aromatic carbocycles. The SMILES string of the molecule is Cc1cc(C)c2[nH]ccc2c1CC1CCN(CC(F)(F)F)CC1. The zero-order chi connectivity index (χ0) is 16.6. The normalized spacial score (nSPS) is 18.0. The minimum atomic E-state index is -4.09. The Balaban J connectivity index is 1.69. The summed E-state index contributed by atoms with van der Waals surface area (Å²) in [5.74, 6) is 0.471. The molecule has 1 aliphatic rings. The van der Waals surface area contributed by atoms with Crippen molar-refractivity contribution in [1.82, 2.24) is 9.88 Å². The molecule has 0 aliphatic carbocycles. The zero-order valence-electron chi connectivity index (χ0n) is 13.6. The molecule has 1 aromatic heterocycles. The molecule has 2 nitrogen and oxygen atoms in total. The summed E-state index contributed by atoms with van der Waals surface area (Å²) in [7, 11) is 0. The van der Waals surface area contributed by atoms with Crippen LogP contribution in [0.1, 0.15) is 29.5 Å². The Morgan fingerprint density at radius 2 is 1.87 bits per heavy atom. The molecule has 23 heavy (non-hydrogen) atoms. The van der Waals surface area contributed by atoms with Crippen LogP contribution in [0.3, 0.4) is 0 Å². The van der Waals surface area contributed by atoms with Crippen molar-refractivity contribution >= 4 is 10.9 Å². The Hall–Kier alpha value is -1.49. The summed E-state index contributed by atoms with van der Waals surface area (Å²) in [6.07, 6.45) is 0.523. The predicted octanol–water partition coefficient (Wildman–Crippen LogP) is 4.60. The molecule has 1 saturated heterocycles. The van der Waals surface area contributed by atoms with Gasteiger partial charge in [-0.1, -0.05) is 6.07 Å². The van der Waals surface area contributed by atoms with Crippen molar-refractivity contribution in [3.05, 3.63) is 35.0 Å². The summed E-state index contributed by atoms with van der Waals surface area (Å²) in [6.45, 7) is 4.56. The number of halogens is 3. The van der Waals surface area contributed by atoms with Crippen molar-refractivity contribution in [2.45, 2.75) is 39.3 Å². The third-order valence-electron chi connectivity index (χ3n) is 4.98. The van der Waals surface area contributed by atoms with E-state index in [0.29, 0.717) is 19.0 Å². The molecular weight excluding hydrogens is 301 g/mol. The molecule has 3 rings (SSSR count). The maximum Gasteiger partial charge on any atom is 0.401 e. The van der Waals surface area contributed by atoms with Crippen molar-refractivity contribution in [3.8, 4) is 0 Å². The van der Waals surface area contributed by atoms with Gasteiger partial charge in [-0.25, -0.2) is 0 Å². The summed E-state index contributed by atoms with van der Waals surface area (Å²) in [4.78, 5) is 4.82. The molecule has 0 amide bonds. The second-order valence-corrected chi connectivity index (χ2v) is 6.79. The van der Waals surface area contributed by atoms with Gasteiger partial charge >= 0.3 is 6.18 Å². The molecule has 1 fully saturated rings. The van der Waals surface area contributed by atoms with E-state index in [-0.39, 0.29) is 0 Å². The van der Waals surface area contributed by atoms with Gasteiger partial charge in [-0.05, 0) is 74.9 Å². The lowest BCUT2D eigenvalue weighted by atomic mass is 9.86. The van der Waals surface area contributed by atoms with Crippen LogP contribution in [0.4, 0.5) is 13.2 Å². The average molecular weight is 324 g/mol. The Morgan fingerprint density at radius 3 is 2.52 bits per heavy atom. The topological polar surface area (TPSA) is 19.0 Å². The minimum Gasteiger partial charge on any atom is -0.361 e. The number of hydrogen-bond acceptors (Lipinski definition) is 1. The van der Waals surface area contributed by atoms with Crippen LogP contribution in [-0.4, -0.2) is 35.7 Å². The van der Waals surface area contributed by atoms with Crippen LogP contribution >= 0.6 is 0 Å². The first kappa shape index (κ1) is 16.4. The number of fused-ring (bicyclic) bond motifs is 1. The monoisotopic (exact) mass is 324 g/mol. The van der Waals surface area contributed by atoms with Crippen LogP contribution < -0.4 is 0 Å². The number of hydrogen-bond donors (Lipinski definition) is 1. The largest absolute Gasteiger partial charge is 0.401 e. The molecule has 0 atom stereocenters. The van der Waals surface area contributed by atoms with Crippen LogP contribution in [0.15, 0.2) is 18.3 Å². The number of piperidine rings is 1. The van der Waals surface area contributed by atoms with E-state index < -0.39 is 12.7 Å². The number of alkyl halides is 3. The quantitative estimate of drug-likeness (QED) is 0.874. The number of likely N-dealkylation sites (tertiary alicyclic amines) is 1. The molecular formula is C18H23F3N2. The summed E-state index contributed by atoms with van der Waals surface area (Å²) in [5, 5.41) is 1.26. The summed E-state index contributed by atoms with van der Waals surface area (Å²) in [5.41, 5.74) is 5.06. The summed E-state index contributed by atoms with van der Waals surface area (Å²) in [6, 6.07) is 4.32. The fraction of sp³-hybridized carbons (Fsp3) is 0.556. The Kier molecular flexibility index (Phi) is 4.41. The number of H-pyrrole nitrogens is 1.